The average molecular weight is 317 g/mol. The summed E-state index contributed by atoms with van der Waals surface area (Å²) in [6.07, 6.45) is 0.376. The molecule has 4 heteroatoms. The number of hydrogen-bond donors (Lipinski definition) is 1. The van der Waals surface area contributed by atoms with Crippen molar-refractivity contribution in [1.29, 1.82) is 0 Å². The Balaban J connectivity index is 2.12. The summed E-state index contributed by atoms with van der Waals surface area (Å²) in [7, 11) is 5.64. The van der Waals surface area contributed by atoms with Crippen molar-refractivity contribution in [1.82, 2.24) is 4.90 Å². The summed E-state index contributed by atoms with van der Waals surface area (Å²) in [5, 5.41) is 12.7. The van der Waals surface area contributed by atoms with Gasteiger partial charge < -0.3 is 19.5 Å². The molecule has 0 radical (unpaired) electrons. The summed E-state index contributed by atoms with van der Waals surface area (Å²) in [6.45, 7) is 3.38. The molecule has 2 atom stereocenters. The van der Waals surface area contributed by atoms with Crippen LogP contribution >= 0.6 is 0 Å². The van der Waals surface area contributed by atoms with E-state index >= 15 is 0 Å². The van der Waals surface area contributed by atoms with Crippen LogP contribution < -0.4 is 4.74 Å². The van der Waals surface area contributed by atoms with Gasteiger partial charge in [0.05, 0.1) is 12.7 Å². The van der Waals surface area contributed by atoms with Crippen LogP contribution in [0.5, 0.6) is 5.75 Å². The van der Waals surface area contributed by atoms with Gasteiger partial charge in [-0.25, -0.2) is 0 Å². The van der Waals surface area contributed by atoms with Gasteiger partial charge in [0.2, 0.25) is 0 Å². The van der Waals surface area contributed by atoms with Crippen LogP contribution in [0.2, 0.25) is 0 Å². The van der Waals surface area contributed by atoms with Crippen LogP contribution in [-0.2, 0) is 4.74 Å². The molecule has 2 aromatic carbocycles. The van der Waals surface area contributed by atoms with E-state index in [1.165, 1.54) is 0 Å². The van der Waals surface area contributed by atoms with Crippen molar-refractivity contribution < 1.29 is 14.6 Å². The maximum absolute atomic E-state index is 10.5. The Morgan fingerprint density at radius 1 is 1.04 bits per heavy atom. The summed E-state index contributed by atoms with van der Waals surface area (Å²) in [5.41, 5.74) is 0.937. The molecule has 0 aliphatic rings. The van der Waals surface area contributed by atoms with Crippen LogP contribution in [0.3, 0.4) is 0 Å². The lowest BCUT2D eigenvalue weighted by Crippen LogP contribution is -2.30. The zero-order chi connectivity index (χ0) is 16.8. The van der Waals surface area contributed by atoms with E-state index in [9.17, 15) is 5.11 Å². The molecule has 1 N–H and O–H groups in total. The van der Waals surface area contributed by atoms with Crippen LogP contribution in [0.25, 0.3) is 10.8 Å². The van der Waals surface area contributed by atoms with Gasteiger partial charge in [0.15, 0.2) is 0 Å². The summed E-state index contributed by atoms with van der Waals surface area (Å²) in [5.74, 6) is 0.864. The molecule has 0 aliphatic carbocycles. The number of fused-ring (bicyclic) bond motifs is 1. The Labute approximate surface area is 138 Å². The smallest absolute Gasteiger partial charge is 0.119 e. The quantitative estimate of drug-likeness (QED) is 0.759. The first-order valence-corrected chi connectivity index (χ1v) is 8.03. The second kappa shape index (κ2) is 8.29. The van der Waals surface area contributed by atoms with E-state index in [0.717, 1.165) is 28.5 Å². The minimum Gasteiger partial charge on any atom is -0.493 e. The van der Waals surface area contributed by atoms with E-state index in [4.69, 9.17) is 9.47 Å². The fourth-order valence-electron chi connectivity index (χ4n) is 2.47. The van der Waals surface area contributed by atoms with Gasteiger partial charge in [0, 0.05) is 26.2 Å². The topological polar surface area (TPSA) is 41.9 Å². The maximum atomic E-state index is 10.5. The Hall–Kier alpha value is -1.62. The van der Waals surface area contributed by atoms with Crippen LogP contribution in [0.1, 0.15) is 25.0 Å². The van der Waals surface area contributed by atoms with Gasteiger partial charge in [-0.2, -0.15) is 0 Å². The molecule has 0 aliphatic heterocycles. The molecule has 0 amide bonds. The Kier molecular flexibility index (Phi) is 6.39. The number of aliphatic hydroxyl groups is 1. The van der Waals surface area contributed by atoms with E-state index in [1.54, 1.807) is 7.11 Å². The van der Waals surface area contributed by atoms with Crippen molar-refractivity contribution >= 4 is 10.8 Å². The Bertz CT molecular complexity index is 627. The molecule has 0 bridgehead atoms. The van der Waals surface area contributed by atoms with E-state index < -0.39 is 6.10 Å². The molecule has 0 aromatic heterocycles. The fourth-order valence-corrected chi connectivity index (χ4v) is 2.47. The lowest BCUT2D eigenvalue weighted by atomic mass is 9.99. The number of nitrogens with zero attached hydrogens (tertiary/aromatic N) is 1. The van der Waals surface area contributed by atoms with Gasteiger partial charge in [-0.05, 0) is 55.6 Å². The molecule has 23 heavy (non-hydrogen) atoms. The number of ether oxygens (including phenoxy) is 2. The number of likely N-dealkylation sites (N-methyl/N-ethyl adjacent to an activating group) is 1. The van der Waals surface area contributed by atoms with Gasteiger partial charge in [-0.15, -0.1) is 0 Å². The highest BCUT2D eigenvalue weighted by Crippen LogP contribution is 2.26. The molecule has 0 saturated heterocycles. The zero-order valence-electron chi connectivity index (χ0n) is 14.5. The molecular formula is C19H27NO3. The third-order valence-corrected chi connectivity index (χ3v) is 4.21. The number of hydrogen-bond acceptors (Lipinski definition) is 4. The van der Waals surface area contributed by atoms with Crippen LogP contribution in [-0.4, -0.2) is 50.5 Å². The van der Waals surface area contributed by atoms with Crippen molar-refractivity contribution in [3.63, 3.8) is 0 Å². The number of methoxy groups -OCH3 is 1. The van der Waals surface area contributed by atoms with Crippen molar-refractivity contribution in [2.45, 2.75) is 25.5 Å². The highest BCUT2D eigenvalue weighted by Gasteiger charge is 2.18. The van der Waals surface area contributed by atoms with E-state index in [2.05, 4.69) is 6.07 Å². The number of rotatable bonds is 8. The molecule has 4 nitrogen and oxygen atoms in total. The first-order valence-electron chi connectivity index (χ1n) is 8.03. The van der Waals surface area contributed by atoms with E-state index in [0.29, 0.717) is 13.2 Å². The molecule has 126 valence electrons. The fraction of sp³-hybridized carbons (Fsp3) is 0.474. The molecule has 2 rings (SSSR count). The predicted octanol–water partition coefficient (Wildman–Crippen LogP) is 3.24. The second-order valence-corrected chi connectivity index (χ2v) is 6.11. The molecule has 0 spiro atoms. The molecule has 0 saturated carbocycles. The molecule has 2 unspecified atom stereocenters. The summed E-state index contributed by atoms with van der Waals surface area (Å²) in [4.78, 5) is 2.02. The van der Waals surface area contributed by atoms with Crippen LogP contribution in [0.4, 0.5) is 0 Å². The Morgan fingerprint density at radius 2 is 1.74 bits per heavy atom. The van der Waals surface area contributed by atoms with Crippen molar-refractivity contribution in [3.05, 3.63) is 42.0 Å². The molecular weight excluding hydrogens is 290 g/mol. The summed E-state index contributed by atoms with van der Waals surface area (Å²) < 4.78 is 10.7. The number of benzene rings is 2. The van der Waals surface area contributed by atoms with Gasteiger partial charge in [-0.1, -0.05) is 18.2 Å². The maximum Gasteiger partial charge on any atom is 0.119 e. The molecule has 0 fully saturated rings. The largest absolute Gasteiger partial charge is 0.493 e. The van der Waals surface area contributed by atoms with Gasteiger partial charge in [0.25, 0.3) is 0 Å². The van der Waals surface area contributed by atoms with Gasteiger partial charge in [0.1, 0.15) is 5.75 Å². The highest BCUT2D eigenvalue weighted by atomic mass is 16.5. The van der Waals surface area contributed by atoms with E-state index in [-0.39, 0.29) is 6.04 Å². The van der Waals surface area contributed by atoms with Crippen molar-refractivity contribution in [3.8, 4) is 5.75 Å². The zero-order valence-corrected chi connectivity index (χ0v) is 14.5. The monoisotopic (exact) mass is 317 g/mol. The third-order valence-electron chi connectivity index (χ3n) is 4.21. The first-order chi connectivity index (χ1) is 11.0. The SMILES string of the molecule is COCCCOc1ccc2cc(C(O)C(C)N(C)C)ccc2c1. The summed E-state index contributed by atoms with van der Waals surface area (Å²) >= 11 is 0. The Morgan fingerprint density at radius 3 is 2.43 bits per heavy atom. The average Bonchev–Trinajstić information content (AvgIpc) is 2.56. The minimum atomic E-state index is -0.501. The van der Waals surface area contributed by atoms with Crippen molar-refractivity contribution in [2.75, 3.05) is 34.4 Å². The molecule has 2 aromatic rings. The van der Waals surface area contributed by atoms with Crippen LogP contribution in [0.15, 0.2) is 36.4 Å². The van der Waals surface area contributed by atoms with Crippen LogP contribution in [0, 0.1) is 0 Å². The minimum absolute atomic E-state index is 0.0656. The van der Waals surface area contributed by atoms with Crippen molar-refractivity contribution in [2.24, 2.45) is 0 Å². The molecule has 0 heterocycles. The first kappa shape index (κ1) is 17.7. The second-order valence-electron chi connectivity index (χ2n) is 6.11. The lowest BCUT2D eigenvalue weighted by molar-refractivity contribution is 0.0860. The van der Waals surface area contributed by atoms with Gasteiger partial charge >= 0.3 is 0 Å². The predicted molar refractivity (Wildman–Crippen MR) is 94.0 cm³/mol. The number of aliphatic hydroxyl groups excluding tert-OH is 1. The standard InChI is InChI=1S/C19H27NO3/c1-14(20(2)3)19(21)17-7-6-16-13-18(9-8-15(16)12-17)23-11-5-10-22-4/h6-9,12-14,19,21H,5,10-11H2,1-4H3. The van der Waals surface area contributed by atoms with E-state index in [1.807, 2.05) is 56.3 Å². The normalized spacial score (nSPS) is 14.2. The van der Waals surface area contributed by atoms with Gasteiger partial charge in [-0.3, -0.25) is 0 Å². The lowest BCUT2D eigenvalue weighted by Gasteiger charge is -2.25. The third kappa shape index (κ3) is 4.67. The summed E-state index contributed by atoms with van der Waals surface area (Å²) in [6, 6.07) is 12.2. The highest BCUT2D eigenvalue weighted by molar-refractivity contribution is 5.84.